The summed E-state index contributed by atoms with van der Waals surface area (Å²) in [6.45, 7) is 9.89. The summed E-state index contributed by atoms with van der Waals surface area (Å²) in [7, 11) is 2.34. The fourth-order valence-corrected chi connectivity index (χ4v) is 4.90. The number of nitrogens with zero attached hydrogens (tertiary/aromatic N) is 2. The molecule has 0 aromatic rings. The molecule has 3 rings (SSSR count). The number of piperazine rings is 1. The lowest BCUT2D eigenvalue weighted by Crippen LogP contribution is -2.66. The van der Waals surface area contributed by atoms with E-state index in [-0.39, 0.29) is 0 Å². The summed E-state index contributed by atoms with van der Waals surface area (Å²) in [6.07, 6.45) is 9.87. The number of nitrogens with one attached hydrogen (secondary N) is 1. The van der Waals surface area contributed by atoms with E-state index in [2.05, 4.69) is 36.0 Å². The number of piperidine rings is 1. The predicted octanol–water partition coefficient (Wildman–Crippen LogP) is 2.71. The molecule has 3 nitrogen and oxygen atoms in total. The lowest BCUT2D eigenvalue weighted by Gasteiger charge is -2.50. The third-order valence-electron chi connectivity index (χ3n) is 6.36. The molecule has 21 heavy (non-hydrogen) atoms. The second kappa shape index (κ2) is 6.55. The summed E-state index contributed by atoms with van der Waals surface area (Å²) in [4.78, 5) is 5.48. The highest BCUT2D eigenvalue weighted by Crippen LogP contribution is 2.34. The zero-order valence-electron chi connectivity index (χ0n) is 14.4. The maximum atomic E-state index is 3.95. The van der Waals surface area contributed by atoms with Crippen LogP contribution in [-0.4, -0.2) is 60.6 Å². The molecule has 2 heterocycles. The van der Waals surface area contributed by atoms with E-state index in [1.165, 1.54) is 71.1 Å². The monoisotopic (exact) mass is 293 g/mol. The van der Waals surface area contributed by atoms with E-state index in [1.807, 2.05) is 0 Å². The lowest BCUT2D eigenvalue weighted by atomic mass is 9.88. The van der Waals surface area contributed by atoms with Gasteiger partial charge in [-0.15, -0.1) is 0 Å². The maximum Gasteiger partial charge on any atom is 0.0309 e. The molecular formula is C18H35N3. The first-order valence-corrected chi connectivity index (χ1v) is 9.29. The average Bonchev–Trinajstić information content (AvgIpc) is 2.89. The van der Waals surface area contributed by atoms with Gasteiger partial charge in [-0.2, -0.15) is 0 Å². The lowest BCUT2D eigenvalue weighted by molar-refractivity contribution is 0.0268. The minimum atomic E-state index is 0.457. The first-order chi connectivity index (χ1) is 10.1. The van der Waals surface area contributed by atoms with Crippen LogP contribution in [0.15, 0.2) is 0 Å². The van der Waals surface area contributed by atoms with Gasteiger partial charge in [-0.05, 0) is 45.2 Å². The minimum absolute atomic E-state index is 0.457. The Bertz CT molecular complexity index is 335. The second-order valence-electron chi connectivity index (χ2n) is 8.24. The Hall–Kier alpha value is -0.120. The Labute approximate surface area is 131 Å². The molecule has 2 aliphatic heterocycles. The molecule has 0 aromatic heterocycles. The Morgan fingerprint density at radius 2 is 1.90 bits per heavy atom. The van der Waals surface area contributed by atoms with Gasteiger partial charge in [0.05, 0.1) is 0 Å². The molecule has 1 aliphatic carbocycles. The van der Waals surface area contributed by atoms with Crippen LogP contribution in [0, 0.1) is 5.92 Å². The van der Waals surface area contributed by atoms with Crippen molar-refractivity contribution in [3.8, 4) is 0 Å². The van der Waals surface area contributed by atoms with E-state index >= 15 is 0 Å². The van der Waals surface area contributed by atoms with E-state index in [0.29, 0.717) is 5.54 Å². The van der Waals surface area contributed by atoms with Crippen LogP contribution in [0.1, 0.15) is 58.8 Å². The van der Waals surface area contributed by atoms with Crippen molar-refractivity contribution in [2.45, 2.75) is 76.4 Å². The van der Waals surface area contributed by atoms with Crippen molar-refractivity contribution < 1.29 is 0 Å². The molecule has 0 bridgehead atoms. The number of rotatable bonds is 3. The average molecular weight is 293 g/mol. The van der Waals surface area contributed by atoms with E-state index in [0.717, 1.165) is 18.0 Å². The topological polar surface area (TPSA) is 18.5 Å². The molecule has 0 aromatic carbocycles. The Morgan fingerprint density at radius 1 is 1.14 bits per heavy atom. The summed E-state index contributed by atoms with van der Waals surface area (Å²) >= 11 is 0. The van der Waals surface area contributed by atoms with Crippen molar-refractivity contribution >= 4 is 0 Å². The summed E-state index contributed by atoms with van der Waals surface area (Å²) in [5.41, 5.74) is 0.457. The highest BCUT2D eigenvalue weighted by atomic mass is 15.3. The first kappa shape index (κ1) is 15.8. The van der Waals surface area contributed by atoms with Gasteiger partial charge in [-0.1, -0.05) is 33.1 Å². The molecule has 3 aliphatic rings. The molecule has 3 heteroatoms. The first-order valence-electron chi connectivity index (χ1n) is 9.29. The molecule has 1 spiro atoms. The fourth-order valence-electron chi connectivity index (χ4n) is 4.90. The van der Waals surface area contributed by atoms with Gasteiger partial charge in [0, 0.05) is 37.3 Å². The number of hydrogen-bond acceptors (Lipinski definition) is 3. The van der Waals surface area contributed by atoms with E-state index in [1.54, 1.807) is 0 Å². The molecule has 1 N–H and O–H groups in total. The highest BCUT2D eigenvalue weighted by molar-refractivity contribution is 5.02. The predicted molar refractivity (Wildman–Crippen MR) is 89.7 cm³/mol. The fraction of sp³-hybridized carbons (Fsp3) is 1.00. The van der Waals surface area contributed by atoms with Gasteiger partial charge >= 0.3 is 0 Å². The second-order valence-corrected chi connectivity index (χ2v) is 8.24. The molecule has 122 valence electrons. The van der Waals surface area contributed by atoms with Gasteiger partial charge in [-0.25, -0.2) is 0 Å². The number of likely N-dealkylation sites (N-methyl/N-ethyl adjacent to an activating group) is 1. The van der Waals surface area contributed by atoms with Crippen LogP contribution < -0.4 is 5.32 Å². The van der Waals surface area contributed by atoms with Crippen LogP contribution >= 0.6 is 0 Å². The summed E-state index contributed by atoms with van der Waals surface area (Å²) in [5.74, 6) is 0.755. The van der Waals surface area contributed by atoms with Crippen LogP contribution in [0.3, 0.4) is 0 Å². The molecule has 2 saturated heterocycles. The van der Waals surface area contributed by atoms with Gasteiger partial charge < -0.3 is 10.2 Å². The zero-order chi connectivity index (χ0) is 14.9. The molecule has 2 unspecified atom stereocenters. The maximum absolute atomic E-state index is 3.95. The summed E-state index contributed by atoms with van der Waals surface area (Å²) in [5, 5.41) is 3.95. The van der Waals surface area contributed by atoms with Gasteiger partial charge in [0.25, 0.3) is 0 Å². The van der Waals surface area contributed by atoms with Crippen LogP contribution in [0.25, 0.3) is 0 Å². The molecule has 2 atom stereocenters. The SMILES string of the molecule is CC(C)C1CNC2(CCCC2)CN1CC1CCCCN1C. The van der Waals surface area contributed by atoms with Crippen molar-refractivity contribution in [1.29, 1.82) is 0 Å². The quantitative estimate of drug-likeness (QED) is 0.863. The van der Waals surface area contributed by atoms with Crippen LogP contribution in [-0.2, 0) is 0 Å². The molecule has 3 fully saturated rings. The Kier molecular flexibility index (Phi) is 4.92. The zero-order valence-corrected chi connectivity index (χ0v) is 14.4. The summed E-state index contributed by atoms with van der Waals surface area (Å²) in [6, 6.07) is 1.52. The number of likely N-dealkylation sites (tertiary alicyclic amines) is 1. The number of hydrogen-bond donors (Lipinski definition) is 1. The van der Waals surface area contributed by atoms with Crippen LogP contribution in [0.2, 0.25) is 0 Å². The third kappa shape index (κ3) is 3.46. The van der Waals surface area contributed by atoms with Crippen molar-refractivity contribution in [2.24, 2.45) is 5.92 Å². The standard InChI is InChI=1S/C18H35N3/c1-15(2)17-12-19-18(9-5-6-10-18)14-21(17)13-16-8-4-7-11-20(16)3/h15-17,19H,4-14H2,1-3H3. The van der Waals surface area contributed by atoms with E-state index in [9.17, 15) is 0 Å². The van der Waals surface area contributed by atoms with Crippen molar-refractivity contribution in [3.63, 3.8) is 0 Å². The highest BCUT2D eigenvalue weighted by Gasteiger charge is 2.42. The van der Waals surface area contributed by atoms with E-state index < -0.39 is 0 Å². The normalized spacial score (nSPS) is 34.9. The molecular weight excluding hydrogens is 258 g/mol. The van der Waals surface area contributed by atoms with Crippen LogP contribution in [0.4, 0.5) is 0 Å². The largest absolute Gasteiger partial charge is 0.308 e. The van der Waals surface area contributed by atoms with Gasteiger partial charge in [0.15, 0.2) is 0 Å². The Morgan fingerprint density at radius 3 is 2.57 bits per heavy atom. The third-order valence-corrected chi connectivity index (χ3v) is 6.36. The molecule has 0 radical (unpaired) electrons. The smallest absolute Gasteiger partial charge is 0.0309 e. The molecule has 0 amide bonds. The molecule has 1 saturated carbocycles. The minimum Gasteiger partial charge on any atom is -0.308 e. The van der Waals surface area contributed by atoms with E-state index in [4.69, 9.17) is 0 Å². The van der Waals surface area contributed by atoms with Crippen molar-refractivity contribution in [2.75, 3.05) is 33.2 Å². The van der Waals surface area contributed by atoms with Crippen LogP contribution in [0.5, 0.6) is 0 Å². The Balaban J connectivity index is 1.68. The summed E-state index contributed by atoms with van der Waals surface area (Å²) < 4.78 is 0. The van der Waals surface area contributed by atoms with Crippen molar-refractivity contribution in [3.05, 3.63) is 0 Å². The van der Waals surface area contributed by atoms with Gasteiger partial charge in [0.1, 0.15) is 0 Å². The van der Waals surface area contributed by atoms with Gasteiger partial charge in [-0.3, -0.25) is 4.90 Å². The van der Waals surface area contributed by atoms with Gasteiger partial charge in [0.2, 0.25) is 0 Å². The van der Waals surface area contributed by atoms with Crippen molar-refractivity contribution in [1.82, 2.24) is 15.1 Å².